The fourth-order valence-corrected chi connectivity index (χ4v) is 4.13. The SMILES string of the molecule is Cc1cc(C)nc(SCc2ccc(C(=O)NN3Cc4ccccc4C3=N)cc2)n1. The van der Waals surface area contributed by atoms with Gasteiger partial charge in [-0.1, -0.05) is 48.2 Å². The van der Waals surface area contributed by atoms with Gasteiger partial charge in [0.2, 0.25) is 0 Å². The molecular weight excluding hydrogens is 382 g/mol. The van der Waals surface area contributed by atoms with Gasteiger partial charge in [-0.05, 0) is 43.2 Å². The molecule has 0 spiro atoms. The van der Waals surface area contributed by atoms with Crippen LogP contribution in [0.1, 0.15) is 38.4 Å². The van der Waals surface area contributed by atoms with Crippen molar-refractivity contribution in [3.05, 3.63) is 88.2 Å². The minimum absolute atomic E-state index is 0.223. The van der Waals surface area contributed by atoms with Gasteiger partial charge >= 0.3 is 0 Å². The highest BCUT2D eigenvalue weighted by Crippen LogP contribution is 2.22. The van der Waals surface area contributed by atoms with Crippen LogP contribution in [0.5, 0.6) is 0 Å². The molecule has 0 radical (unpaired) electrons. The summed E-state index contributed by atoms with van der Waals surface area (Å²) < 4.78 is 0. The van der Waals surface area contributed by atoms with Crippen LogP contribution in [0.4, 0.5) is 0 Å². The topological polar surface area (TPSA) is 82.0 Å². The van der Waals surface area contributed by atoms with Gasteiger partial charge in [-0.15, -0.1) is 0 Å². The van der Waals surface area contributed by atoms with E-state index in [-0.39, 0.29) is 5.91 Å². The molecular formula is C22H21N5OS. The quantitative estimate of drug-likeness (QED) is 0.499. The van der Waals surface area contributed by atoms with Crippen molar-refractivity contribution in [2.45, 2.75) is 31.3 Å². The van der Waals surface area contributed by atoms with Crippen LogP contribution in [0, 0.1) is 19.3 Å². The number of carbonyl (C=O) groups is 1. The van der Waals surface area contributed by atoms with E-state index >= 15 is 0 Å². The monoisotopic (exact) mass is 403 g/mol. The van der Waals surface area contributed by atoms with Gasteiger partial charge in [0.25, 0.3) is 5.91 Å². The Labute approximate surface area is 173 Å². The van der Waals surface area contributed by atoms with Crippen LogP contribution in [0.2, 0.25) is 0 Å². The fourth-order valence-electron chi connectivity index (χ4n) is 3.22. The Hall–Kier alpha value is -3.19. The van der Waals surface area contributed by atoms with Crippen molar-refractivity contribution in [2.24, 2.45) is 0 Å². The first-order valence-corrected chi connectivity index (χ1v) is 10.3. The summed E-state index contributed by atoms with van der Waals surface area (Å²) in [5.41, 5.74) is 8.30. The van der Waals surface area contributed by atoms with Crippen molar-refractivity contribution in [2.75, 3.05) is 0 Å². The molecule has 29 heavy (non-hydrogen) atoms. The molecule has 0 unspecified atom stereocenters. The molecule has 146 valence electrons. The zero-order chi connectivity index (χ0) is 20.4. The van der Waals surface area contributed by atoms with E-state index in [9.17, 15) is 4.79 Å². The van der Waals surface area contributed by atoms with E-state index < -0.39 is 0 Å². The Balaban J connectivity index is 1.36. The molecule has 1 aromatic heterocycles. The van der Waals surface area contributed by atoms with Gasteiger partial charge in [-0.2, -0.15) is 0 Å². The summed E-state index contributed by atoms with van der Waals surface area (Å²) in [6.45, 7) is 4.43. The number of aryl methyl sites for hydroxylation is 2. The van der Waals surface area contributed by atoms with Crippen LogP contribution < -0.4 is 5.43 Å². The summed E-state index contributed by atoms with van der Waals surface area (Å²) in [5.74, 6) is 0.825. The van der Waals surface area contributed by atoms with E-state index in [0.717, 1.165) is 39.0 Å². The molecule has 6 nitrogen and oxygen atoms in total. The van der Waals surface area contributed by atoms with Crippen molar-refractivity contribution in [3.8, 4) is 0 Å². The molecule has 7 heteroatoms. The largest absolute Gasteiger partial charge is 0.283 e. The summed E-state index contributed by atoms with van der Waals surface area (Å²) in [6.07, 6.45) is 0. The van der Waals surface area contributed by atoms with Gasteiger partial charge in [-0.3, -0.25) is 20.6 Å². The standard InChI is InChI=1S/C22H21N5OS/c1-14-11-15(2)25-22(24-14)29-13-16-7-9-17(10-8-16)21(28)26-27-12-18-5-3-4-6-19(18)20(27)23/h3-11,23H,12-13H2,1-2H3,(H,26,28). The number of thioether (sulfide) groups is 1. The highest BCUT2D eigenvalue weighted by atomic mass is 32.2. The van der Waals surface area contributed by atoms with Crippen molar-refractivity contribution >= 4 is 23.5 Å². The van der Waals surface area contributed by atoms with Gasteiger partial charge in [0.05, 0.1) is 6.54 Å². The molecule has 1 aliphatic heterocycles. The van der Waals surface area contributed by atoms with E-state index in [1.165, 1.54) is 0 Å². The Morgan fingerprint density at radius 2 is 1.79 bits per heavy atom. The van der Waals surface area contributed by atoms with E-state index in [4.69, 9.17) is 5.41 Å². The smallest absolute Gasteiger partial charge is 0.269 e. The molecule has 0 saturated carbocycles. The average Bonchev–Trinajstić information content (AvgIpc) is 3.02. The molecule has 2 N–H and O–H groups in total. The van der Waals surface area contributed by atoms with Gasteiger partial charge in [-0.25, -0.2) is 9.97 Å². The molecule has 1 aliphatic rings. The Morgan fingerprint density at radius 3 is 2.48 bits per heavy atom. The van der Waals surface area contributed by atoms with E-state index in [0.29, 0.717) is 17.9 Å². The molecule has 3 aromatic rings. The lowest BCUT2D eigenvalue weighted by Crippen LogP contribution is -2.42. The number of amides is 1. The fraction of sp³-hybridized carbons (Fsp3) is 0.182. The van der Waals surface area contributed by atoms with Crippen molar-refractivity contribution in [1.29, 1.82) is 5.41 Å². The van der Waals surface area contributed by atoms with Crippen molar-refractivity contribution in [1.82, 2.24) is 20.4 Å². The van der Waals surface area contributed by atoms with Crippen molar-refractivity contribution in [3.63, 3.8) is 0 Å². The van der Waals surface area contributed by atoms with Crippen LogP contribution in [0.3, 0.4) is 0 Å². The number of amidine groups is 1. The predicted octanol–water partition coefficient (Wildman–Crippen LogP) is 3.87. The predicted molar refractivity (Wildman–Crippen MR) is 114 cm³/mol. The zero-order valence-corrected chi connectivity index (χ0v) is 17.1. The first-order chi connectivity index (χ1) is 14.0. The number of nitrogens with one attached hydrogen (secondary N) is 2. The van der Waals surface area contributed by atoms with Gasteiger partial charge in [0.15, 0.2) is 5.16 Å². The lowest BCUT2D eigenvalue weighted by atomic mass is 10.1. The number of rotatable bonds is 5. The number of nitrogens with zero attached hydrogens (tertiary/aromatic N) is 3. The van der Waals surface area contributed by atoms with Crippen LogP contribution in [-0.2, 0) is 12.3 Å². The summed E-state index contributed by atoms with van der Waals surface area (Å²) in [7, 11) is 0. The maximum Gasteiger partial charge on any atom is 0.269 e. The molecule has 0 fully saturated rings. The first kappa shape index (κ1) is 19.1. The molecule has 2 aromatic carbocycles. The van der Waals surface area contributed by atoms with Crippen LogP contribution >= 0.6 is 11.8 Å². The molecule has 0 aliphatic carbocycles. The lowest BCUT2D eigenvalue weighted by molar-refractivity contribution is 0.0869. The third-order valence-corrected chi connectivity index (χ3v) is 5.57. The third-order valence-electron chi connectivity index (χ3n) is 4.65. The van der Waals surface area contributed by atoms with Crippen molar-refractivity contribution < 1.29 is 4.79 Å². The van der Waals surface area contributed by atoms with Crippen LogP contribution in [-0.4, -0.2) is 26.7 Å². The maximum absolute atomic E-state index is 12.6. The Morgan fingerprint density at radius 1 is 1.10 bits per heavy atom. The Kier molecular flexibility index (Phi) is 5.31. The summed E-state index contributed by atoms with van der Waals surface area (Å²) in [6, 6.07) is 17.2. The minimum atomic E-state index is -0.223. The summed E-state index contributed by atoms with van der Waals surface area (Å²) in [5, 5.41) is 10.6. The average molecular weight is 404 g/mol. The lowest BCUT2D eigenvalue weighted by Gasteiger charge is -2.19. The molecule has 4 rings (SSSR count). The molecule has 0 saturated heterocycles. The maximum atomic E-state index is 12.6. The number of benzene rings is 2. The highest BCUT2D eigenvalue weighted by molar-refractivity contribution is 7.98. The van der Waals surface area contributed by atoms with Gasteiger partial charge in [0, 0.05) is 28.3 Å². The van der Waals surface area contributed by atoms with E-state index in [1.807, 2.05) is 56.3 Å². The number of aromatic nitrogens is 2. The second-order valence-electron chi connectivity index (χ2n) is 6.95. The zero-order valence-electron chi connectivity index (χ0n) is 16.3. The first-order valence-electron chi connectivity index (χ1n) is 9.29. The second-order valence-corrected chi connectivity index (χ2v) is 7.89. The number of hydrogen-bond donors (Lipinski definition) is 2. The van der Waals surface area contributed by atoms with E-state index in [1.54, 1.807) is 28.9 Å². The number of hydrazine groups is 1. The molecule has 0 bridgehead atoms. The normalized spacial score (nSPS) is 12.8. The Bertz CT molecular complexity index is 1060. The number of fused-ring (bicyclic) bond motifs is 1. The van der Waals surface area contributed by atoms with E-state index in [2.05, 4.69) is 15.4 Å². The summed E-state index contributed by atoms with van der Waals surface area (Å²) in [4.78, 5) is 21.5. The number of hydrogen-bond acceptors (Lipinski definition) is 5. The van der Waals surface area contributed by atoms with Crippen LogP contribution in [0.25, 0.3) is 0 Å². The van der Waals surface area contributed by atoms with Gasteiger partial charge < -0.3 is 0 Å². The summed E-state index contributed by atoms with van der Waals surface area (Å²) >= 11 is 1.58. The number of carbonyl (C=O) groups excluding carboxylic acids is 1. The van der Waals surface area contributed by atoms with Gasteiger partial charge in [0.1, 0.15) is 5.84 Å². The highest BCUT2D eigenvalue weighted by Gasteiger charge is 2.25. The van der Waals surface area contributed by atoms with Crippen LogP contribution in [0.15, 0.2) is 59.8 Å². The molecule has 1 amide bonds. The third kappa shape index (κ3) is 4.30. The minimum Gasteiger partial charge on any atom is -0.283 e. The molecule has 0 atom stereocenters. The molecule has 2 heterocycles. The second kappa shape index (κ2) is 8.05.